The van der Waals surface area contributed by atoms with Crippen molar-refractivity contribution in [3.8, 4) is 11.3 Å². The van der Waals surface area contributed by atoms with Crippen molar-refractivity contribution in [3.63, 3.8) is 0 Å². The first kappa shape index (κ1) is 30.7. The van der Waals surface area contributed by atoms with E-state index in [4.69, 9.17) is 0 Å². The Bertz CT molecular complexity index is 1500. The molecular weight excluding hydrogens is 559 g/mol. The molecule has 1 spiro atoms. The van der Waals surface area contributed by atoms with E-state index in [-0.39, 0.29) is 42.4 Å². The van der Waals surface area contributed by atoms with E-state index in [1.54, 1.807) is 28.0 Å². The Balaban J connectivity index is 1.35. The number of halogens is 3. The number of nitrogens with one attached hydrogen (secondary N) is 1. The number of amides is 2. The number of aromatic nitrogens is 2. The van der Waals surface area contributed by atoms with Gasteiger partial charge in [-0.05, 0) is 50.5 Å². The van der Waals surface area contributed by atoms with Gasteiger partial charge >= 0.3 is 6.03 Å². The summed E-state index contributed by atoms with van der Waals surface area (Å²) in [6.07, 6.45) is 6.77. The van der Waals surface area contributed by atoms with E-state index in [9.17, 15) is 27.9 Å². The molecule has 3 aliphatic rings. The van der Waals surface area contributed by atoms with Crippen molar-refractivity contribution in [2.24, 2.45) is 5.41 Å². The summed E-state index contributed by atoms with van der Waals surface area (Å²) in [5.41, 5.74) is -1.78. The van der Waals surface area contributed by atoms with Crippen LogP contribution in [-0.4, -0.2) is 74.9 Å². The SMILES string of the molecule is C=C(/C(F)=C\C=C(/C)F)[C@@H]1CNCCN1C(=O)N1CC[C@@](O)(Cn2cnc(-c3ccccc3F)cc2=O)C2(CCCC2)C1. The summed E-state index contributed by atoms with van der Waals surface area (Å²) in [7, 11) is 0. The minimum absolute atomic E-state index is 0.00297. The molecule has 1 saturated carbocycles. The van der Waals surface area contributed by atoms with Crippen LogP contribution in [0, 0.1) is 11.2 Å². The van der Waals surface area contributed by atoms with E-state index in [2.05, 4.69) is 16.9 Å². The minimum Gasteiger partial charge on any atom is -0.387 e. The van der Waals surface area contributed by atoms with Crippen LogP contribution in [0.15, 0.2) is 77.4 Å². The average molecular weight is 598 g/mol. The number of hydrogen-bond acceptors (Lipinski definition) is 5. The van der Waals surface area contributed by atoms with Gasteiger partial charge in [-0.15, -0.1) is 0 Å². The van der Waals surface area contributed by atoms with Crippen LogP contribution in [-0.2, 0) is 6.54 Å². The Morgan fingerprint density at radius 2 is 1.93 bits per heavy atom. The fourth-order valence-electron chi connectivity index (χ4n) is 6.79. The lowest BCUT2D eigenvalue weighted by Gasteiger charge is -2.53. The molecule has 0 bridgehead atoms. The normalized spacial score (nSPS) is 24.4. The van der Waals surface area contributed by atoms with Gasteiger partial charge in [-0.25, -0.2) is 22.9 Å². The van der Waals surface area contributed by atoms with Gasteiger partial charge in [-0.1, -0.05) is 31.6 Å². The number of aliphatic hydroxyl groups is 1. The fraction of sp³-hybridized carbons (Fsp3) is 0.469. The molecule has 230 valence electrons. The number of piperazine rings is 1. The van der Waals surface area contributed by atoms with Crippen LogP contribution in [0.3, 0.4) is 0 Å². The number of benzene rings is 1. The van der Waals surface area contributed by atoms with Gasteiger partial charge in [0.25, 0.3) is 5.56 Å². The maximum atomic E-state index is 14.8. The van der Waals surface area contributed by atoms with E-state index in [1.165, 1.54) is 30.0 Å². The molecule has 3 fully saturated rings. The standard InChI is InChI=1S/C32H38F3N5O3/c1-22(33)9-10-25(34)23(2)28-18-36-14-16-40(28)30(42)38-15-13-32(43,31(19-38)11-5-6-12-31)20-39-21-37-27(17-29(39)41)24-7-3-4-8-26(24)35/h3-4,7-10,17,21,28,36,43H,2,5-6,11-16,18-20H2,1H3/b22-9+,25-10+/t28-,32+/m0/s1. The second-order valence-corrected chi connectivity index (χ2v) is 11.9. The second-order valence-electron chi connectivity index (χ2n) is 11.9. The maximum absolute atomic E-state index is 14.8. The van der Waals surface area contributed by atoms with Gasteiger partial charge in [-0.2, -0.15) is 0 Å². The molecule has 0 radical (unpaired) electrons. The molecule has 0 unspecified atom stereocenters. The van der Waals surface area contributed by atoms with Gasteiger partial charge in [0.1, 0.15) is 11.6 Å². The number of urea groups is 1. The summed E-state index contributed by atoms with van der Waals surface area (Å²) in [5, 5.41) is 15.3. The first-order valence-electron chi connectivity index (χ1n) is 14.7. The van der Waals surface area contributed by atoms with Crippen molar-refractivity contribution in [1.29, 1.82) is 0 Å². The Morgan fingerprint density at radius 1 is 1.19 bits per heavy atom. The van der Waals surface area contributed by atoms with E-state index in [0.717, 1.165) is 25.0 Å². The van der Waals surface area contributed by atoms with Gasteiger partial charge in [0, 0.05) is 55.3 Å². The molecule has 11 heteroatoms. The number of rotatable bonds is 6. The largest absolute Gasteiger partial charge is 0.387 e. The minimum atomic E-state index is -1.27. The van der Waals surface area contributed by atoms with Crippen LogP contribution in [0.4, 0.5) is 18.0 Å². The van der Waals surface area contributed by atoms with Crippen molar-refractivity contribution in [2.75, 3.05) is 32.7 Å². The third kappa shape index (κ3) is 6.19. The Kier molecular flexibility index (Phi) is 8.94. The van der Waals surface area contributed by atoms with Gasteiger partial charge in [-0.3, -0.25) is 9.36 Å². The Hall–Kier alpha value is -3.70. The number of carbonyl (C=O) groups excluding carboxylic acids is 1. The van der Waals surface area contributed by atoms with Gasteiger partial charge in [0.2, 0.25) is 0 Å². The van der Waals surface area contributed by atoms with E-state index >= 15 is 0 Å². The molecular formula is C32H38F3N5O3. The highest BCUT2D eigenvalue weighted by Crippen LogP contribution is 2.51. The van der Waals surface area contributed by atoms with Crippen LogP contribution in [0.2, 0.25) is 0 Å². The molecule has 2 aliphatic heterocycles. The van der Waals surface area contributed by atoms with Crippen molar-refractivity contribution < 1.29 is 23.1 Å². The zero-order valence-electron chi connectivity index (χ0n) is 24.4. The summed E-state index contributed by atoms with van der Waals surface area (Å²) in [6, 6.07) is 6.46. The lowest BCUT2D eigenvalue weighted by molar-refractivity contribution is -0.136. The number of carbonyl (C=O) groups is 1. The lowest BCUT2D eigenvalue weighted by Crippen LogP contribution is -2.65. The summed E-state index contributed by atoms with van der Waals surface area (Å²) in [4.78, 5) is 34.7. The zero-order valence-corrected chi connectivity index (χ0v) is 24.4. The van der Waals surface area contributed by atoms with Gasteiger partial charge < -0.3 is 20.2 Å². The van der Waals surface area contributed by atoms with Crippen molar-refractivity contribution in [1.82, 2.24) is 24.7 Å². The lowest BCUT2D eigenvalue weighted by atomic mass is 9.66. The molecule has 1 aromatic carbocycles. The third-order valence-electron chi connectivity index (χ3n) is 9.23. The average Bonchev–Trinajstić information content (AvgIpc) is 3.48. The zero-order chi connectivity index (χ0) is 30.8. The maximum Gasteiger partial charge on any atom is 0.320 e. The van der Waals surface area contributed by atoms with Crippen molar-refractivity contribution in [2.45, 2.75) is 57.2 Å². The highest BCUT2D eigenvalue weighted by Gasteiger charge is 2.56. The van der Waals surface area contributed by atoms with E-state index in [0.29, 0.717) is 39.0 Å². The molecule has 43 heavy (non-hydrogen) atoms. The molecule has 2 N–H and O–H groups in total. The Labute approximate surface area is 249 Å². The molecule has 8 nitrogen and oxygen atoms in total. The van der Waals surface area contributed by atoms with Gasteiger partial charge in [0.15, 0.2) is 0 Å². The smallest absolute Gasteiger partial charge is 0.320 e. The van der Waals surface area contributed by atoms with E-state index < -0.39 is 40.1 Å². The molecule has 2 aromatic rings. The number of hydrogen-bond donors (Lipinski definition) is 2. The Morgan fingerprint density at radius 3 is 2.63 bits per heavy atom. The monoisotopic (exact) mass is 597 g/mol. The van der Waals surface area contributed by atoms with E-state index in [1.807, 2.05) is 0 Å². The van der Waals surface area contributed by atoms with Crippen LogP contribution in [0.1, 0.15) is 39.0 Å². The molecule has 1 aliphatic carbocycles. The molecule has 2 amide bonds. The van der Waals surface area contributed by atoms with Crippen LogP contribution < -0.4 is 10.9 Å². The predicted octanol–water partition coefficient (Wildman–Crippen LogP) is 4.72. The highest BCUT2D eigenvalue weighted by atomic mass is 19.1. The van der Waals surface area contributed by atoms with Crippen molar-refractivity contribution >= 4 is 6.03 Å². The summed E-state index contributed by atoms with van der Waals surface area (Å²) < 4.78 is 43.6. The summed E-state index contributed by atoms with van der Waals surface area (Å²) in [6.45, 7) is 6.82. The van der Waals surface area contributed by atoms with Crippen molar-refractivity contribution in [3.05, 3.63) is 88.8 Å². The molecule has 3 heterocycles. The molecule has 1 aromatic heterocycles. The molecule has 2 saturated heterocycles. The molecule has 5 rings (SSSR count). The topological polar surface area (TPSA) is 90.7 Å². The van der Waals surface area contributed by atoms with Crippen LogP contribution in [0.5, 0.6) is 0 Å². The fourth-order valence-corrected chi connectivity index (χ4v) is 6.79. The first-order chi connectivity index (χ1) is 20.5. The highest BCUT2D eigenvalue weighted by molar-refractivity contribution is 5.76. The van der Waals surface area contributed by atoms with Crippen LogP contribution in [0.25, 0.3) is 11.3 Å². The van der Waals surface area contributed by atoms with Gasteiger partial charge in [0.05, 0.1) is 36.0 Å². The summed E-state index contributed by atoms with van der Waals surface area (Å²) >= 11 is 0. The predicted molar refractivity (Wildman–Crippen MR) is 158 cm³/mol. The second kappa shape index (κ2) is 12.5. The molecule has 2 atom stereocenters. The number of nitrogens with zero attached hydrogens (tertiary/aromatic N) is 4. The first-order valence-corrected chi connectivity index (χ1v) is 14.7. The number of likely N-dealkylation sites (tertiary alicyclic amines) is 1. The third-order valence-corrected chi connectivity index (χ3v) is 9.23. The van der Waals surface area contributed by atoms with Crippen LogP contribution >= 0.6 is 0 Å². The number of allylic oxidation sites excluding steroid dienone is 3. The summed E-state index contributed by atoms with van der Waals surface area (Å²) in [5.74, 6) is -1.71. The quantitative estimate of drug-likeness (QED) is 0.471. The number of piperidine rings is 1.